The van der Waals surface area contributed by atoms with E-state index in [4.69, 9.17) is 14.2 Å². The lowest BCUT2D eigenvalue weighted by atomic mass is 10.2. The number of nitrogens with zero attached hydrogens (tertiary/aromatic N) is 4. The van der Waals surface area contributed by atoms with Crippen LogP contribution in [0, 0.1) is 13.8 Å². The zero-order chi connectivity index (χ0) is 18.8. The van der Waals surface area contributed by atoms with Gasteiger partial charge in [0, 0.05) is 12.7 Å². The van der Waals surface area contributed by atoms with Crippen LogP contribution in [0.25, 0.3) is 10.9 Å². The molecule has 3 rings (SSSR count). The maximum atomic E-state index is 5.51. The van der Waals surface area contributed by atoms with Crippen molar-refractivity contribution >= 4 is 16.7 Å². The van der Waals surface area contributed by atoms with Crippen LogP contribution < -0.4 is 19.5 Å². The average Bonchev–Trinajstić information content (AvgIpc) is 2.91. The molecule has 2 aromatic heterocycles. The molecule has 0 aliphatic rings. The number of hydrogen-bond acceptors (Lipinski definition) is 7. The Morgan fingerprint density at radius 3 is 2.35 bits per heavy atom. The summed E-state index contributed by atoms with van der Waals surface area (Å²) in [4.78, 5) is 13.3. The number of fused-ring (bicyclic) bond motifs is 1. The Bertz CT molecular complexity index is 952. The highest BCUT2D eigenvalue weighted by Crippen LogP contribution is 2.43. The summed E-state index contributed by atoms with van der Waals surface area (Å²) >= 11 is 0. The lowest BCUT2D eigenvalue weighted by Crippen LogP contribution is -2.08. The van der Waals surface area contributed by atoms with Crippen LogP contribution in [0.1, 0.15) is 17.2 Å². The predicted molar refractivity (Wildman–Crippen MR) is 99.2 cm³/mol. The van der Waals surface area contributed by atoms with Gasteiger partial charge in [-0.3, -0.25) is 0 Å². The topological polar surface area (TPSA) is 83.3 Å². The first-order valence-corrected chi connectivity index (χ1v) is 8.18. The van der Waals surface area contributed by atoms with E-state index in [-0.39, 0.29) is 0 Å². The molecule has 138 valence electrons. The van der Waals surface area contributed by atoms with Gasteiger partial charge in [0.25, 0.3) is 0 Å². The summed E-state index contributed by atoms with van der Waals surface area (Å²) in [6, 6.07) is 1.84. The molecule has 1 aromatic carbocycles. The van der Waals surface area contributed by atoms with Crippen LogP contribution in [0.5, 0.6) is 17.2 Å². The van der Waals surface area contributed by atoms with Crippen LogP contribution in [-0.2, 0) is 13.6 Å². The van der Waals surface area contributed by atoms with Gasteiger partial charge in [-0.25, -0.2) is 15.0 Å². The SMILES string of the molecule is COc1cc2c(NCc3nc(C)c(C)n3C)ncnc2c(OC)c1OC. The second-order valence-corrected chi connectivity index (χ2v) is 5.88. The molecule has 0 saturated carbocycles. The molecule has 8 heteroatoms. The van der Waals surface area contributed by atoms with Gasteiger partial charge in [0.2, 0.25) is 5.75 Å². The van der Waals surface area contributed by atoms with E-state index in [9.17, 15) is 0 Å². The fourth-order valence-electron chi connectivity index (χ4n) is 2.91. The van der Waals surface area contributed by atoms with Crippen molar-refractivity contribution in [2.24, 2.45) is 7.05 Å². The highest BCUT2D eigenvalue weighted by atomic mass is 16.5. The Morgan fingerprint density at radius 1 is 1.04 bits per heavy atom. The van der Waals surface area contributed by atoms with Gasteiger partial charge in [-0.2, -0.15) is 0 Å². The number of ether oxygens (including phenoxy) is 3. The minimum Gasteiger partial charge on any atom is -0.493 e. The van der Waals surface area contributed by atoms with Gasteiger partial charge in [-0.15, -0.1) is 0 Å². The molecule has 0 atom stereocenters. The van der Waals surface area contributed by atoms with Crippen molar-refractivity contribution in [3.8, 4) is 17.2 Å². The van der Waals surface area contributed by atoms with Crippen molar-refractivity contribution in [2.45, 2.75) is 20.4 Å². The Kier molecular flexibility index (Phi) is 4.83. The van der Waals surface area contributed by atoms with Gasteiger partial charge in [0.15, 0.2) is 11.5 Å². The van der Waals surface area contributed by atoms with Crippen LogP contribution >= 0.6 is 0 Å². The van der Waals surface area contributed by atoms with Crippen molar-refractivity contribution in [1.29, 1.82) is 0 Å². The first-order valence-electron chi connectivity index (χ1n) is 8.18. The van der Waals surface area contributed by atoms with E-state index in [2.05, 4.69) is 24.8 Å². The molecule has 0 aliphatic carbocycles. The first kappa shape index (κ1) is 17.8. The molecule has 0 spiro atoms. The Morgan fingerprint density at radius 2 is 1.77 bits per heavy atom. The summed E-state index contributed by atoms with van der Waals surface area (Å²) in [7, 11) is 6.73. The number of benzene rings is 1. The number of hydrogen-bond donors (Lipinski definition) is 1. The van der Waals surface area contributed by atoms with Gasteiger partial charge in [-0.05, 0) is 19.9 Å². The minimum atomic E-state index is 0.502. The maximum Gasteiger partial charge on any atom is 0.205 e. The Hall–Kier alpha value is -3.03. The van der Waals surface area contributed by atoms with Crippen molar-refractivity contribution in [1.82, 2.24) is 19.5 Å². The molecule has 0 unspecified atom stereocenters. The first-order chi connectivity index (χ1) is 12.5. The number of rotatable bonds is 6. The zero-order valence-electron chi connectivity index (χ0n) is 15.9. The minimum absolute atomic E-state index is 0.502. The van der Waals surface area contributed by atoms with Gasteiger partial charge >= 0.3 is 0 Å². The predicted octanol–water partition coefficient (Wildman–Crippen LogP) is 2.62. The van der Waals surface area contributed by atoms with Gasteiger partial charge < -0.3 is 24.1 Å². The van der Waals surface area contributed by atoms with Crippen molar-refractivity contribution in [3.05, 3.63) is 29.6 Å². The van der Waals surface area contributed by atoms with E-state index >= 15 is 0 Å². The third-order valence-corrected chi connectivity index (χ3v) is 4.56. The fourth-order valence-corrected chi connectivity index (χ4v) is 2.91. The zero-order valence-corrected chi connectivity index (χ0v) is 15.9. The van der Waals surface area contributed by atoms with E-state index in [0.29, 0.717) is 35.1 Å². The third kappa shape index (κ3) is 2.87. The van der Waals surface area contributed by atoms with Gasteiger partial charge in [-0.1, -0.05) is 0 Å². The molecule has 0 bridgehead atoms. The smallest absolute Gasteiger partial charge is 0.205 e. The molecule has 0 fully saturated rings. The summed E-state index contributed by atoms with van der Waals surface area (Å²) in [5.74, 6) is 3.17. The lowest BCUT2D eigenvalue weighted by molar-refractivity contribution is 0.327. The Balaban J connectivity index is 2.05. The second-order valence-electron chi connectivity index (χ2n) is 5.88. The monoisotopic (exact) mass is 357 g/mol. The molecule has 0 aliphatic heterocycles. The third-order valence-electron chi connectivity index (χ3n) is 4.56. The molecular formula is C18H23N5O3. The number of aromatic nitrogens is 4. The summed E-state index contributed by atoms with van der Waals surface area (Å²) in [6.45, 7) is 4.59. The highest BCUT2D eigenvalue weighted by molar-refractivity contribution is 5.96. The van der Waals surface area contributed by atoms with Crippen molar-refractivity contribution < 1.29 is 14.2 Å². The number of anilines is 1. The molecule has 2 heterocycles. The number of methoxy groups -OCH3 is 3. The molecule has 0 radical (unpaired) electrons. The van der Waals surface area contributed by atoms with Crippen LogP contribution in [0.15, 0.2) is 12.4 Å². The van der Waals surface area contributed by atoms with Crippen LogP contribution in [-0.4, -0.2) is 40.8 Å². The molecule has 3 aromatic rings. The summed E-state index contributed by atoms with van der Waals surface area (Å²) < 4.78 is 18.4. The van der Waals surface area contributed by atoms with Gasteiger partial charge in [0.05, 0.1) is 39.0 Å². The largest absolute Gasteiger partial charge is 0.493 e. The van der Waals surface area contributed by atoms with E-state index in [1.54, 1.807) is 21.3 Å². The molecular weight excluding hydrogens is 334 g/mol. The van der Waals surface area contributed by atoms with Gasteiger partial charge in [0.1, 0.15) is 23.5 Å². The number of imidazole rings is 1. The second kappa shape index (κ2) is 7.07. The van der Waals surface area contributed by atoms with Crippen molar-refractivity contribution in [2.75, 3.05) is 26.6 Å². The number of nitrogens with one attached hydrogen (secondary N) is 1. The van der Waals surface area contributed by atoms with E-state index in [1.807, 2.05) is 27.0 Å². The van der Waals surface area contributed by atoms with Crippen LogP contribution in [0.2, 0.25) is 0 Å². The summed E-state index contributed by atoms with van der Waals surface area (Å²) in [5.41, 5.74) is 2.81. The highest BCUT2D eigenvalue weighted by Gasteiger charge is 2.19. The average molecular weight is 357 g/mol. The van der Waals surface area contributed by atoms with E-state index < -0.39 is 0 Å². The molecule has 1 N–H and O–H groups in total. The Labute approximate surface area is 152 Å². The standard InChI is InChI=1S/C18H23N5O3/c1-10-11(2)23(3)14(22-10)8-19-18-12-7-13(24-4)16(25-5)17(26-6)15(12)20-9-21-18/h7,9H,8H2,1-6H3,(H,19,20,21). The number of aryl methyl sites for hydroxylation is 1. The molecule has 8 nitrogen and oxygen atoms in total. The van der Waals surface area contributed by atoms with Crippen LogP contribution in [0.3, 0.4) is 0 Å². The fraction of sp³-hybridized carbons (Fsp3) is 0.389. The molecule has 0 amide bonds. The maximum absolute atomic E-state index is 5.51. The van der Waals surface area contributed by atoms with E-state index in [0.717, 1.165) is 22.6 Å². The lowest BCUT2D eigenvalue weighted by Gasteiger charge is -2.15. The summed E-state index contributed by atoms with van der Waals surface area (Å²) in [5, 5.41) is 4.12. The quantitative estimate of drug-likeness (QED) is 0.726. The summed E-state index contributed by atoms with van der Waals surface area (Å²) in [6.07, 6.45) is 1.49. The van der Waals surface area contributed by atoms with Crippen LogP contribution in [0.4, 0.5) is 5.82 Å². The van der Waals surface area contributed by atoms with Crippen molar-refractivity contribution in [3.63, 3.8) is 0 Å². The normalized spacial score (nSPS) is 10.8. The molecule has 0 saturated heterocycles. The molecule has 26 heavy (non-hydrogen) atoms. The van der Waals surface area contributed by atoms with E-state index in [1.165, 1.54) is 6.33 Å².